The third kappa shape index (κ3) is 2.70. The van der Waals surface area contributed by atoms with Gasteiger partial charge in [-0.1, -0.05) is 0 Å². The number of anilines is 1. The molecule has 1 N–H and O–H groups in total. The number of thiophene rings is 1. The van der Waals surface area contributed by atoms with Gasteiger partial charge in [0.05, 0.1) is 13.7 Å². The van der Waals surface area contributed by atoms with E-state index in [1.165, 1.54) is 11.2 Å². The molecule has 2 aromatic rings. The molecule has 0 spiro atoms. The lowest BCUT2D eigenvalue weighted by Crippen LogP contribution is -2.01. The van der Waals surface area contributed by atoms with Crippen LogP contribution < -0.4 is 10.1 Å². The predicted octanol–water partition coefficient (Wildman–Crippen LogP) is 2.92. The Morgan fingerprint density at radius 2 is 2.38 bits per heavy atom. The van der Waals surface area contributed by atoms with E-state index < -0.39 is 0 Å². The molecule has 0 bridgehead atoms. The minimum Gasteiger partial charge on any atom is -0.481 e. The smallest absolute Gasteiger partial charge is 0.218 e. The summed E-state index contributed by atoms with van der Waals surface area (Å²) in [7, 11) is 1.59. The van der Waals surface area contributed by atoms with Gasteiger partial charge in [0.1, 0.15) is 12.1 Å². The van der Waals surface area contributed by atoms with Crippen molar-refractivity contribution in [1.29, 1.82) is 0 Å². The second-order valence-electron chi connectivity index (χ2n) is 2.99. The van der Waals surface area contributed by atoms with Gasteiger partial charge >= 0.3 is 0 Å². The van der Waals surface area contributed by atoms with E-state index in [1.807, 2.05) is 11.4 Å². The average molecular weight is 300 g/mol. The van der Waals surface area contributed by atoms with Crippen molar-refractivity contribution in [2.24, 2.45) is 0 Å². The standard InChI is InChI=1S/C10H10BrN3OS/c1-15-10-4-9(13-6-14-10)12-5-8-7(11)2-3-16-8/h2-4,6H,5H2,1H3,(H,12,13,14). The molecule has 0 atom stereocenters. The van der Waals surface area contributed by atoms with Gasteiger partial charge in [-0.15, -0.1) is 11.3 Å². The van der Waals surface area contributed by atoms with Crippen LogP contribution in [0.2, 0.25) is 0 Å². The van der Waals surface area contributed by atoms with Gasteiger partial charge in [-0.05, 0) is 27.4 Å². The highest BCUT2D eigenvalue weighted by atomic mass is 79.9. The largest absolute Gasteiger partial charge is 0.481 e. The number of nitrogens with zero attached hydrogens (tertiary/aromatic N) is 2. The van der Waals surface area contributed by atoms with Crippen LogP contribution in [0.25, 0.3) is 0 Å². The molecular formula is C10H10BrN3OS. The summed E-state index contributed by atoms with van der Waals surface area (Å²) in [5.74, 6) is 1.31. The quantitative estimate of drug-likeness (QED) is 0.943. The van der Waals surface area contributed by atoms with Gasteiger partial charge in [-0.3, -0.25) is 0 Å². The SMILES string of the molecule is COc1cc(NCc2sccc2Br)ncn1. The zero-order valence-corrected chi connectivity index (χ0v) is 11.0. The van der Waals surface area contributed by atoms with E-state index >= 15 is 0 Å². The zero-order valence-electron chi connectivity index (χ0n) is 8.61. The van der Waals surface area contributed by atoms with Gasteiger partial charge < -0.3 is 10.1 Å². The van der Waals surface area contributed by atoms with Crippen molar-refractivity contribution in [1.82, 2.24) is 9.97 Å². The Hall–Kier alpha value is -1.14. The minimum absolute atomic E-state index is 0.558. The summed E-state index contributed by atoms with van der Waals surface area (Å²) in [5, 5.41) is 5.26. The molecule has 2 heterocycles. The van der Waals surface area contributed by atoms with E-state index in [4.69, 9.17) is 4.74 Å². The number of ether oxygens (including phenoxy) is 1. The molecule has 0 unspecified atom stereocenters. The highest BCUT2D eigenvalue weighted by molar-refractivity contribution is 9.10. The molecule has 2 rings (SSSR count). The number of hydrogen-bond donors (Lipinski definition) is 1. The molecular weight excluding hydrogens is 290 g/mol. The van der Waals surface area contributed by atoms with Crippen molar-refractivity contribution >= 4 is 33.1 Å². The summed E-state index contributed by atoms with van der Waals surface area (Å²) in [6.07, 6.45) is 1.48. The second kappa shape index (κ2) is 5.27. The molecule has 6 heteroatoms. The highest BCUT2D eigenvalue weighted by Gasteiger charge is 2.02. The Bertz CT molecular complexity index is 475. The molecule has 0 aromatic carbocycles. The van der Waals surface area contributed by atoms with Gasteiger partial charge in [0.15, 0.2) is 0 Å². The van der Waals surface area contributed by atoms with Crippen LogP contribution in [0.3, 0.4) is 0 Å². The fraction of sp³-hybridized carbons (Fsp3) is 0.200. The monoisotopic (exact) mass is 299 g/mol. The van der Waals surface area contributed by atoms with Crippen LogP contribution in [0.5, 0.6) is 5.88 Å². The Kier molecular flexibility index (Phi) is 3.74. The Morgan fingerprint density at radius 3 is 3.06 bits per heavy atom. The second-order valence-corrected chi connectivity index (χ2v) is 4.85. The number of aromatic nitrogens is 2. The first-order chi connectivity index (χ1) is 7.79. The van der Waals surface area contributed by atoms with Crippen molar-refractivity contribution in [3.05, 3.63) is 33.2 Å². The Balaban J connectivity index is 2.02. The van der Waals surface area contributed by atoms with Crippen LogP contribution in [-0.4, -0.2) is 17.1 Å². The molecule has 0 aliphatic rings. The molecule has 16 heavy (non-hydrogen) atoms. The lowest BCUT2D eigenvalue weighted by molar-refractivity contribution is 0.397. The van der Waals surface area contributed by atoms with Crippen LogP contribution in [-0.2, 0) is 6.54 Å². The maximum absolute atomic E-state index is 5.02. The van der Waals surface area contributed by atoms with E-state index in [0.29, 0.717) is 5.88 Å². The lowest BCUT2D eigenvalue weighted by atomic mass is 10.4. The topological polar surface area (TPSA) is 47.0 Å². The van der Waals surface area contributed by atoms with Crippen molar-refractivity contribution in [2.45, 2.75) is 6.54 Å². The molecule has 0 fully saturated rings. The lowest BCUT2D eigenvalue weighted by Gasteiger charge is -2.05. The number of rotatable bonds is 4. The first-order valence-corrected chi connectivity index (χ1v) is 6.28. The van der Waals surface area contributed by atoms with Gasteiger partial charge in [-0.25, -0.2) is 9.97 Å². The van der Waals surface area contributed by atoms with Crippen LogP contribution in [0.15, 0.2) is 28.3 Å². The van der Waals surface area contributed by atoms with E-state index in [2.05, 4.69) is 31.2 Å². The third-order valence-corrected chi connectivity index (χ3v) is 3.90. The first kappa shape index (κ1) is 11.3. The maximum Gasteiger partial charge on any atom is 0.218 e. The van der Waals surface area contributed by atoms with Crippen molar-refractivity contribution in [3.63, 3.8) is 0 Å². The summed E-state index contributed by atoms with van der Waals surface area (Å²) in [6.45, 7) is 0.735. The summed E-state index contributed by atoms with van der Waals surface area (Å²) in [6, 6.07) is 3.80. The van der Waals surface area contributed by atoms with E-state index in [9.17, 15) is 0 Å². The molecule has 2 aromatic heterocycles. The molecule has 0 radical (unpaired) electrons. The summed E-state index contributed by atoms with van der Waals surface area (Å²) >= 11 is 5.18. The first-order valence-electron chi connectivity index (χ1n) is 4.61. The van der Waals surface area contributed by atoms with Crippen molar-refractivity contribution in [2.75, 3.05) is 12.4 Å². The summed E-state index contributed by atoms with van der Waals surface area (Å²) in [5.41, 5.74) is 0. The van der Waals surface area contributed by atoms with Crippen molar-refractivity contribution in [3.8, 4) is 5.88 Å². The molecule has 0 amide bonds. The fourth-order valence-corrected chi connectivity index (χ4v) is 2.60. The highest BCUT2D eigenvalue weighted by Crippen LogP contribution is 2.23. The summed E-state index contributed by atoms with van der Waals surface area (Å²) < 4.78 is 6.13. The molecule has 0 saturated heterocycles. The summed E-state index contributed by atoms with van der Waals surface area (Å²) in [4.78, 5) is 9.28. The molecule has 0 aliphatic carbocycles. The molecule has 84 valence electrons. The van der Waals surface area contributed by atoms with Crippen LogP contribution in [0.4, 0.5) is 5.82 Å². The number of hydrogen-bond acceptors (Lipinski definition) is 5. The number of nitrogens with one attached hydrogen (secondary N) is 1. The normalized spacial score (nSPS) is 10.1. The zero-order chi connectivity index (χ0) is 11.4. The Labute approximate surface area is 106 Å². The Morgan fingerprint density at radius 1 is 1.50 bits per heavy atom. The third-order valence-electron chi connectivity index (χ3n) is 1.97. The van der Waals surface area contributed by atoms with Crippen molar-refractivity contribution < 1.29 is 4.74 Å². The molecule has 0 aliphatic heterocycles. The van der Waals surface area contributed by atoms with E-state index in [-0.39, 0.29) is 0 Å². The average Bonchev–Trinajstić information content (AvgIpc) is 2.72. The van der Waals surface area contributed by atoms with Crippen LogP contribution >= 0.6 is 27.3 Å². The molecule has 4 nitrogen and oxygen atoms in total. The van der Waals surface area contributed by atoms with E-state index in [1.54, 1.807) is 24.5 Å². The van der Waals surface area contributed by atoms with E-state index in [0.717, 1.165) is 16.8 Å². The predicted molar refractivity (Wildman–Crippen MR) is 67.9 cm³/mol. The molecule has 0 saturated carbocycles. The fourth-order valence-electron chi connectivity index (χ4n) is 1.17. The van der Waals surface area contributed by atoms with Gasteiger partial charge in [0.25, 0.3) is 0 Å². The number of methoxy groups -OCH3 is 1. The number of halogens is 1. The van der Waals surface area contributed by atoms with Crippen LogP contribution in [0, 0.1) is 0 Å². The van der Waals surface area contributed by atoms with Gasteiger partial charge in [-0.2, -0.15) is 0 Å². The van der Waals surface area contributed by atoms with Gasteiger partial charge in [0.2, 0.25) is 5.88 Å². The maximum atomic E-state index is 5.02. The van der Waals surface area contributed by atoms with Gasteiger partial charge in [0, 0.05) is 15.4 Å². The minimum atomic E-state index is 0.558. The van der Waals surface area contributed by atoms with Crippen LogP contribution in [0.1, 0.15) is 4.88 Å².